The number of fused-ring (bicyclic) bond motifs is 1. The van der Waals surface area contributed by atoms with Crippen LogP contribution >= 0.6 is 0 Å². The van der Waals surface area contributed by atoms with E-state index in [9.17, 15) is 15.0 Å². The van der Waals surface area contributed by atoms with Gasteiger partial charge in [-0.3, -0.25) is 4.79 Å². The number of nitrogen functional groups attached to an aromatic ring is 2. The van der Waals surface area contributed by atoms with Crippen molar-refractivity contribution in [3.63, 3.8) is 0 Å². The molecular formula is C11H15N5O5. The van der Waals surface area contributed by atoms with Crippen molar-refractivity contribution in [3.05, 3.63) is 22.7 Å². The molecule has 1 fully saturated rings. The first-order valence-corrected chi connectivity index (χ1v) is 6.21. The summed E-state index contributed by atoms with van der Waals surface area (Å²) in [7, 11) is 0. The third-order valence-electron chi connectivity index (χ3n) is 3.61. The molecule has 2 aromatic rings. The van der Waals surface area contributed by atoms with Crippen LogP contribution in [0.4, 0.5) is 5.82 Å². The van der Waals surface area contributed by atoms with Crippen molar-refractivity contribution in [1.29, 1.82) is 0 Å². The molecule has 21 heavy (non-hydrogen) atoms. The average Bonchev–Trinajstić information content (AvgIpc) is 2.99. The van der Waals surface area contributed by atoms with E-state index in [2.05, 4.69) is 4.98 Å². The van der Waals surface area contributed by atoms with Gasteiger partial charge in [-0.15, -0.1) is 0 Å². The maximum absolute atomic E-state index is 11.9. The zero-order chi connectivity index (χ0) is 15.3. The predicted molar refractivity (Wildman–Crippen MR) is 71.6 cm³/mol. The van der Waals surface area contributed by atoms with E-state index in [1.54, 1.807) is 0 Å². The Kier molecular flexibility index (Phi) is 3.10. The number of nitrogens with two attached hydrogens (primary N) is 2. The molecule has 10 nitrogen and oxygen atoms in total. The molecule has 0 saturated carbocycles. The summed E-state index contributed by atoms with van der Waals surface area (Å²) in [5.41, 5.74) is 5.42. The highest BCUT2D eigenvalue weighted by Crippen LogP contribution is 2.31. The van der Waals surface area contributed by atoms with Crippen molar-refractivity contribution >= 4 is 16.9 Å². The van der Waals surface area contributed by atoms with E-state index in [0.717, 1.165) is 4.68 Å². The summed E-state index contributed by atoms with van der Waals surface area (Å²) in [4.78, 5) is 15.9. The van der Waals surface area contributed by atoms with Gasteiger partial charge in [0.15, 0.2) is 11.7 Å². The molecular weight excluding hydrogens is 282 g/mol. The van der Waals surface area contributed by atoms with Crippen molar-refractivity contribution in [2.24, 2.45) is 0 Å². The fourth-order valence-corrected chi connectivity index (χ4v) is 2.43. The Hall–Kier alpha value is -2.14. The number of nitrogens with zero attached hydrogens (tertiary/aromatic N) is 3. The number of pyridine rings is 1. The lowest BCUT2D eigenvalue weighted by Crippen LogP contribution is -2.33. The van der Waals surface area contributed by atoms with Gasteiger partial charge in [-0.1, -0.05) is 0 Å². The number of hydrogen-bond acceptors (Lipinski definition) is 8. The third kappa shape index (κ3) is 1.88. The molecule has 0 aromatic carbocycles. The number of aliphatic hydroxyl groups excluding tert-OH is 3. The minimum Gasteiger partial charge on any atom is -0.394 e. The van der Waals surface area contributed by atoms with Crippen LogP contribution in [-0.4, -0.2) is 54.5 Å². The zero-order valence-electron chi connectivity index (χ0n) is 10.8. The van der Waals surface area contributed by atoms with Gasteiger partial charge in [0.2, 0.25) is 0 Å². The van der Waals surface area contributed by atoms with Crippen LogP contribution in [-0.2, 0) is 4.74 Å². The normalized spacial score (nSPS) is 29.3. The number of hydrogen-bond donors (Lipinski definition) is 5. The van der Waals surface area contributed by atoms with E-state index in [0.29, 0.717) is 5.52 Å². The largest absolute Gasteiger partial charge is 0.394 e. The molecule has 1 aliphatic heterocycles. The molecule has 7 N–H and O–H groups in total. The van der Waals surface area contributed by atoms with Crippen molar-refractivity contribution < 1.29 is 20.1 Å². The highest BCUT2D eigenvalue weighted by atomic mass is 16.6. The van der Waals surface area contributed by atoms with Crippen molar-refractivity contribution in [1.82, 2.24) is 14.2 Å². The molecule has 2 aromatic heterocycles. The fourth-order valence-electron chi connectivity index (χ4n) is 2.43. The minimum absolute atomic E-state index is 0.0148. The van der Waals surface area contributed by atoms with Gasteiger partial charge < -0.3 is 36.2 Å². The quantitative estimate of drug-likeness (QED) is 0.369. The Morgan fingerprint density at radius 1 is 1.38 bits per heavy atom. The molecule has 3 heterocycles. The summed E-state index contributed by atoms with van der Waals surface area (Å²) in [5.74, 6) is 5.49. The number of imidazole rings is 1. The molecule has 114 valence electrons. The smallest absolute Gasteiger partial charge is 0.298 e. The summed E-state index contributed by atoms with van der Waals surface area (Å²) >= 11 is 0. The van der Waals surface area contributed by atoms with Crippen molar-refractivity contribution in [3.8, 4) is 0 Å². The zero-order valence-corrected chi connectivity index (χ0v) is 10.8. The number of aliphatic hydroxyl groups is 3. The first kappa shape index (κ1) is 13.8. The van der Waals surface area contributed by atoms with Crippen molar-refractivity contribution in [2.75, 3.05) is 18.2 Å². The first-order valence-electron chi connectivity index (χ1n) is 6.21. The maximum atomic E-state index is 11.9. The Balaban J connectivity index is 2.12. The van der Waals surface area contributed by atoms with Gasteiger partial charge in [0.1, 0.15) is 24.1 Å². The van der Waals surface area contributed by atoms with E-state index in [-0.39, 0.29) is 11.3 Å². The van der Waals surface area contributed by atoms with E-state index < -0.39 is 36.7 Å². The number of rotatable bonds is 2. The van der Waals surface area contributed by atoms with E-state index >= 15 is 0 Å². The lowest BCUT2D eigenvalue weighted by atomic mass is 10.1. The summed E-state index contributed by atoms with van der Waals surface area (Å²) in [6.45, 7) is -0.445. The lowest BCUT2D eigenvalue weighted by Gasteiger charge is -2.17. The number of ether oxygens (including phenoxy) is 1. The Morgan fingerprint density at radius 3 is 2.71 bits per heavy atom. The molecule has 1 aliphatic rings. The van der Waals surface area contributed by atoms with Gasteiger partial charge in [-0.2, -0.15) is 0 Å². The van der Waals surface area contributed by atoms with Crippen LogP contribution in [0.2, 0.25) is 0 Å². The minimum atomic E-state index is -1.28. The van der Waals surface area contributed by atoms with Crippen LogP contribution in [0.25, 0.3) is 11.0 Å². The monoisotopic (exact) mass is 297 g/mol. The van der Waals surface area contributed by atoms with Gasteiger partial charge in [0.25, 0.3) is 5.56 Å². The first-order chi connectivity index (χ1) is 9.95. The molecule has 0 amide bonds. The van der Waals surface area contributed by atoms with E-state index in [1.165, 1.54) is 17.0 Å². The van der Waals surface area contributed by atoms with Crippen LogP contribution < -0.4 is 17.1 Å². The standard InChI is InChI=1S/C11H15N5O5/c12-6-1-4-7(10(20)16(6)13)14-3-15(4)11-9(19)8(18)5(2-17)21-11/h1,3,5,8-9,11,17-19H,2,12-13H2/t5-,8-,9-,11?/m1/s1. The maximum Gasteiger partial charge on any atom is 0.298 e. The third-order valence-corrected chi connectivity index (χ3v) is 3.61. The summed E-state index contributed by atoms with van der Waals surface area (Å²) < 4.78 is 7.52. The summed E-state index contributed by atoms with van der Waals surface area (Å²) in [6.07, 6.45) is -3.15. The Morgan fingerprint density at radius 2 is 2.10 bits per heavy atom. The van der Waals surface area contributed by atoms with Gasteiger partial charge in [-0.25, -0.2) is 9.66 Å². The predicted octanol–water partition coefficient (Wildman–Crippen LogP) is -2.89. The molecule has 1 unspecified atom stereocenters. The molecule has 0 radical (unpaired) electrons. The molecule has 0 aliphatic carbocycles. The van der Waals surface area contributed by atoms with Crippen LogP contribution in [0.5, 0.6) is 0 Å². The number of anilines is 1. The Bertz CT molecular complexity index is 740. The molecule has 0 spiro atoms. The average molecular weight is 297 g/mol. The van der Waals surface area contributed by atoms with Crippen LogP contribution in [0, 0.1) is 0 Å². The summed E-state index contributed by atoms with van der Waals surface area (Å²) in [5, 5.41) is 28.9. The van der Waals surface area contributed by atoms with Gasteiger partial charge >= 0.3 is 0 Å². The van der Waals surface area contributed by atoms with Gasteiger partial charge in [-0.05, 0) is 0 Å². The van der Waals surface area contributed by atoms with Crippen molar-refractivity contribution in [2.45, 2.75) is 24.5 Å². The van der Waals surface area contributed by atoms with Crippen LogP contribution in [0.15, 0.2) is 17.2 Å². The lowest BCUT2D eigenvalue weighted by molar-refractivity contribution is -0.0508. The molecule has 4 atom stereocenters. The second kappa shape index (κ2) is 4.70. The van der Waals surface area contributed by atoms with E-state index in [1.807, 2.05) is 0 Å². The highest BCUT2D eigenvalue weighted by molar-refractivity contribution is 5.77. The number of aromatic nitrogens is 3. The molecule has 3 rings (SSSR count). The SMILES string of the molecule is Nc1cc2c(ncn2C2O[C@H](CO)[C@@H](O)[C@H]2O)c(=O)n1N. The second-order valence-corrected chi connectivity index (χ2v) is 4.86. The second-order valence-electron chi connectivity index (χ2n) is 4.86. The Labute approximate surface area is 117 Å². The van der Waals surface area contributed by atoms with Gasteiger partial charge in [0, 0.05) is 6.07 Å². The van der Waals surface area contributed by atoms with Gasteiger partial charge in [0.05, 0.1) is 18.5 Å². The molecule has 1 saturated heterocycles. The molecule has 10 heteroatoms. The van der Waals surface area contributed by atoms with Crippen LogP contribution in [0.3, 0.4) is 0 Å². The molecule has 0 bridgehead atoms. The fraction of sp³-hybridized carbons (Fsp3) is 0.455. The highest BCUT2D eigenvalue weighted by Gasteiger charge is 2.43. The topological polar surface area (TPSA) is 162 Å². The van der Waals surface area contributed by atoms with Crippen LogP contribution in [0.1, 0.15) is 6.23 Å². The summed E-state index contributed by atoms with van der Waals surface area (Å²) in [6, 6.07) is 1.42. The van der Waals surface area contributed by atoms with E-state index in [4.69, 9.17) is 21.4 Å².